The van der Waals surface area contributed by atoms with E-state index < -0.39 is 0 Å². The van der Waals surface area contributed by atoms with Crippen LogP contribution in [0.25, 0.3) is 0 Å². The lowest BCUT2D eigenvalue weighted by atomic mass is 10.3. The highest BCUT2D eigenvalue weighted by Gasteiger charge is 2.05. The number of hydrogen-bond donors (Lipinski definition) is 0. The van der Waals surface area contributed by atoms with E-state index in [2.05, 4.69) is 15.9 Å². The van der Waals surface area contributed by atoms with Gasteiger partial charge in [-0.3, -0.25) is 4.79 Å². The average Bonchev–Trinajstić information content (AvgIpc) is 1.82. The lowest BCUT2D eigenvalue weighted by Gasteiger charge is -1.92. The highest BCUT2D eigenvalue weighted by molar-refractivity contribution is 9.10. The highest BCUT2D eigenvalue weighted by Crippen LogP contribution is 2.05. The molecule has 0 bridgehead atoms. The van der Waals surface area contributed by atoms with Crippen molar-refractivity contribution in [2.24, 2.45) is 0 Å². The lowest BCUT2D eigenvalue weighted by molar-refractivity contribution is -0.110. The Kier molecular flexibility index (Phi) is 5.10. The van der Waals surface area contributed by atoms with Crippen molar-refractivity contribution < 1.29 is 4.79 Å². The van der Waals surface area contributed by atoms with E-state index in [0.29, 0.717) is 0 Å². The molecule has 1 unspecified atom stereocenters. The van der Waals surface area contributed by atoms with Crippen LogP contribution in [0.1, 0.15) is 13.3 Å². The molecule has 0 aromatic rings. The summed E-state index contributed by atoms with van der Waals surface area (Å²) in [6.07, 6.45) is 4.54. The Morgan fingerprint density at radius 1 is 1.89 bits per heavy atom. The summed E-state index contributed by atoms with van der Waals surface area (Å²) >= 11 is 8.20. The maximum Gasteiger partial charge on any atom is 0.239 e. The third-order valence-corrected chi connectivity index (χ3v) is 1.98. The molecule has 9 heavy (non-hydrogen) atoms. The van der Waals surface area contributed by atoms with E-state index in [1.54, 1.807) is 6.08 Å². The van der Waals surface area contributed by atoms with Gasteiger partial charge in [0.25, 0.3) is 0 Å². The van der Waals surface area contributed by atoms with Crippen molar-refractivity contribution in [3.63, 3.8) is 0 Å². The third-order valence-electron chi connectivity index (χ3n) is 0.758. The first-order chi connectivity index (χ1) is 4.18. The van der Waals surface area contributed by atoms with Crippen LogP contribution in [0.15, 0.2) is 12.2 Å². The summed E-state index contributed by atoms with van der Waals surface area (Å²) in [7, 11) is 0. The molecule has 0 aromatic carbocycles. The van der Waals surface area contributed by atoms with Crippen molar-refractivity contribution in [1.82, 2.24) is 0 Å². The summed E-state index contributed by atoms with van der Waals surface area (Å²) in [4.78, 5) is 10.00. The van der Waals surface area contributed by atoms with Crippen molar-refractivity contribution in [1.29, 1.82) is 0 Å². The Bertz CT molecular complexity index is 122. The minimum atomic E-state index is -0.375. The zero-order valence-electron chi connectivity index (χ0n) is 5.10. The standard InChI is InChI=1S/C6H8BrClO/c1-2-3-4-5(7)6(8)9/h3-5H,2H2,1H3/b4-3-. The minimum Gasteiger partial charge on any atom is -0.280 e. The van der Waals surface area contributed by atoms with Crippen LogP contribution in [0.4, 0.5) is 0 Å². The maximum atomic E-state index is 10.3. The van der Waals surface area contributed by atoms with Gasteiger partial charge in [-0.15, -0.1) is 0 Å². The average molecular weight is 211 g/mol. The summed E-state index contributed by atoms with van der Waals surface area (Å²) in [5.74, 6) is 0. The quantitative estimate of drug-likeness (QED) is 0.398. The van der Waals surface area contributed by atoms with Crippen LogP contribution in [0.5, 0.6) is 0 Å². The molecular formula is C6H8BrClO. The summed E-state index contributed by atoms with van der Waals surface area (Å²) in [5, 5.41) is -0.375. The predicted octanol–water partition coefficient (Wildman–Crippen LogP) is 2.48. The Balaban J connectivity index is 3.62. The van der Waals surface area contributed by atoms with E-state index in [4.69, 9.17) is 11.6 Å². The van der Waals surface area contributed by atoms with Crippen LogP contribution in [0.3, 0.4) is 0 Å². The normalized spacial score (nSPS) is 14.1. The molecule has 0 aliphatic heterocycles. The molecule has 0 N–H and O–H groups in total. The number of rotatable bonds is 3. The molecule has 0 rings (SSSR count). The first kappa shape index (κ1) is 9.18. The van der Waals surface area contributed by atoms with Gasteiger partial charge in [0.2, 0.25) is 5.24 Å². The summed E-state index contributed by atoms with van der Waals surface area (Å²) < 4.78 is 0. The van der Waals surface area contributed by atoms with Gasteiger partial charge in [0.1, 0.15) is 4.83 Å². The van der Waals surface area contributed by atoms with Gasteiger partial charge in [-0.05, 0) is 18.0 Å². The Morgan fingerprint density at radius 3 is 2.78 bits per heavy atom. The maximum absolute atomic E-state index is 10.3. The fraction of sp³-hybridized carbons (Fsp3) is 0.500. The number of hydrogen-bond acceptors (Lipinski definition) is 1. The molecular weight excluding hydrogens is 203 g/mol. The number of carbonyl (C=O) groups is 1. The fourth-order valence-corrected chi connectivity index (χ4v) is 0.620. The Morgan fingerprint density at radius 2 is 2.44 bits per heavy atom. The molecule has 0 amide bonds. The van der Waals surface area contributed by atoms with E-state index in [-0.39, 0.29) is 10.1 Å². The molecule has 3 heteroatoms. The van der Waals surface area contributed by atoms with Gasteiger partial charge in [-0.1, -0.05) is 35.0 Å². The first-order valence-corrected chi connectivity index (χ1v) is 3.98. The molecule has 0 radical (unpaired) electrons. The van der Waals surface area contributed by atoms with Crippen molar-refractivity contribution in [3.8, 4) is 0 Å². The topological polar surface area (TPSA) is 17.1 Å². The van der Waals surface area contributed by atoms with Crippen molar-refractivity contribution >= 4 is 32.8 Å². The molecule has 0 saturated carbocycles. The van der Waals surface area contributed by atoms with Crippen LogP contribution in [0.2, 0.25) is 0 Å². The minimum absolute atomic E-state index is 0.320. The third kappa shape index (κ3) is 4.67. The van der Waals surface area contributed by atoms with Crippen molar-refractivity contribution in [2.45, 2.75) is 18.2 Å². The van der Waals surface area contributed by atoms with E-state index in [0.717, 1.165) is 6.42 Å². The number of alkyl halides is 1. The molecule has 52 valence electrons. The van der Waals surface area contributed by atoms with Crippen LogP contribution in [-0.2, 0) is 4.79 Å². The zero-order valence-corrected chi connectivity index (χ0v) is 7.45. The SMILES string of the molecule is CC/C=C\C(Br)C(=O)Cl. The van der Waals surface area contributed by atoms with Gasteiger partial charge in [0.15, 0.2) is 0 Å². The molecule has 0 saturated heterocycles. The van der Waals surface area contributed by atoms with Gasteiger partial charge in [-0.25, -0.2) is 0 Å². The molecule has 0 heterocycles. The van der Waals surface area contributed by atoms with Crippen LogP contribution >= 0.6 is 27.5 Å². The molecule has 0 aromatic heterocycles. The molecule has 0 fully saturated rings. The Hall–Kier alpha value is 0.180. The molecule has 0 spiro atoms. The van der Waals surface area contributed by atoms with Gasteiger partial charge >= 0.3 is 0 Å². The Labute approximate surface area is 68.2 Å². The van der Waals surface area contributed by atoms with E-state index >= 15 is 0 Å². The molecule has 1 nitrogen and oxygen atoms in total. The van der Waals surface area contributed by atoms with Gasteiger partial charge in [-0.2, -0.15) is 0 Å². The molecule has 1 atom stereocenters. The monoisotopic (exact) mass is 210 g/mol. The lowest BCUT2D eigenvalue weighted by Crippen LogP contribution is -2.01. The van der Waals surface area contributed by atoms with Crippen molar-refractivity contribution in [3.05, 3.63) is 12.2 Å². The summed E-state index contributed by atoms with van der Waals surface area (Å²) in [6, 6.07) is 0. The zero-order chi connectivity index (χ0) is 7.28. The number of carbonyl (C=O) groups excluding carboxylic acids is 1. The predicted molar refractivity (Wildman–Crippen MR) is 43.0 cm³/mol. The van der Waals surface area contributed by atoms with Gasteiger partial charge in [0, 0.05) is 0 Å². The van der Waals surface area contributed by atoms with E-state index in [9.17, 15) is 4.79 Å². The highest BCUT2D eigenvalue weighted by atomic mass is 79.9. The molecule has 0 aliphatic carbocycles. The first-order valence-electron chi connectivity index (χ1n) is 2.68. The van der Waals surface area contributed by atoms with Crippen LogP contribution in [0, 0.1) is 0 Å². The smallest absolute Gasteiger partial charge is 0.239 e. The van der Waals surface area contributed by atoms with E-state index in [1.165, 1.54) is 0 Å². The summed E-state index contributed by atoms with van der Waals surface area (Å²) in [6.45, 7) is 1.99. The molecule has 0 aliphatic rings. The van der Waals surface area contributed by atoms with Crippen LogP contribution in [-0.4, -0.2) is 10.1 Å². The van der Waals surface area contributed by atoms with E-state index in [1.807, 2.05) is 13.0 Å². The second kappa shape index (κ2) is 5.00. The van der Waals surface area contributed by atoms with Crippen molar-refractivity contribution in [2.75, 3.05) is 0 Å². The second-order valence-electron chi connectivity index (χ2n) is 1.54. The summed E-state index contributed by atoms with van der Waals surface area (Å²) in [5.41, 5.74) is 0. The van der Waals surface area contributed by atoms with Crippen LogP contribution < -0.4 is 0 Å². The largest absolute Gasteiger partial charge is 0.280 e. The number of allylic oxidation sites excluding steroid dienone is 2. The fourth-order valence-electron chi connectivity index (χ4n) is 0.331. The van der Waals surface area contributed by atoms with Gasteiger partial charge < -0.3 is 0 Å². The van der Waals surface area contributed by atoms with Gasteiger partial charge in [0.05, 0.1) is 0 Å². The number of halogens is 2. The second-order valence-corrected chi connectivity index (χ2v) is 2.90.